The molecule has 1 atom stereocenters. The molecule has 33 heavy (non-hydrogen) atoms. The molecule has 8 heteroatoms. The highest BCUT2D eigenvalue weighted by molar-refractivity contribution is 7.80. The first kappa shape index (κ1) is 21.4. The Morgan fingerprint density at radius 2 is 1.97 bits per heavy atom. The molecule has 1 aliphatic rings. The Bertz CT molecular complexity index is 1330. The van der Waals surface area contributed by atoms with Crippen LogP contribution in [0.5, 0.6) is 0 Å². The van der Waals surface area contributed by atoms with Gasteiger partial charge in [0.15, 0.2) is 5.11 Å². The third-order valence-corrected chi connectivity index (χ3v) is 7.01. The Hall–Kier alpha value is -3.49. The van der Waals surface area contributed by atoms with Crippen molar-refractivity contribution in [2.75, 3.05) is 10.2 Å². The number of aromatic amines is 1. The molecule has 6 nitrogen and oxygen atoms in total. The summed E-state index contributed by atoms with van der Waals surface area (Å²) in [4.78, 5) is 34.1. The maximum atomic E-state index is 13.5. The van der Waals surface area contributed by atoms with Crippen LogP contribution in [0.2, 0.25) is 0 Å². The van der Waals surface area contributed by atoms with Gasteiger partial charge >= 0.3 is 0 Å². The monoisotopic (exact) mass is 474 g/mol. The van der Waals surface area contributed by atoms with Gasteiger partial charge in [0, 0.05) is 22.3 Å². The van der Waals surface area contributed by atoms with Crippen LogP contribution in [0, 0.1) is 6.92 Å². The highest BCUT2D eigenvalue weighted by Gasteiger charge is 2.44. The molecular weight excluding hydrogens is 452 g/mol. The molecule has 2 aromatic heterocycles. The number of aryl methyl sites for hydroxylation is 1. The van der Waals surface area contributed by atoms with E-state index in [0.29, 0.717) is 23.0 Å². The van der Waals surface area contributed by atoms with Crippen molar-refractivity contribution < 1.29 is 9.59 Å². The number of hydrogen-bond donors (Lipinski definition) is 2. The lowest BCUT2D eigenvalue weighted by Crippen LogP contribution is -2.37. The first-order valence-electron chi connectivity index (χ1n) is 10.6. The second-order valence-corrected chi connectivity index (χ2v) is 9.44. The van der Waals surface area contributed by atoms with E-state index in [2.05, 4.69) is 10.3 Å². The van der Waals surface area contributed by atoms with E-state index < -0.39 is 6.04 Å². The summed E-state index contributed by atoms with van der Waals surface area (Å²) in [6, 6.07) is 18.6. The number of thiocarbonyl (C=S) groups is 1. The summed E-state index contributed by atoms with van der Waals surface area (Å²) in [5, 5.41) is 6.41. The lowest BCUT2D eigenvalue weighted by atomic mass is 10.1. The van der Waals surface area contributed by atoms with Gasteiger partial charge in [-0.25, -0.2) is 0 Å². The van der Waals surface area contributed by atoms with Crippen molar-refractivity contribution >= 4 is 62.8 Å². The Balaban J connectivity index is 1.39. The van der Waals surface area contributed by atoms with Gasteiger partial charge in [-0.2, -0.15) is 0 Å². The number of anilines is 2. The molecule has 1 aliphatic heterocycles. The summed E-state index contributed by atoms with van der Waals surface area (Å²) in [5.74, 6) is -0.417. The lowest BCUT2D eigenvalue weighted by Gasteiger charge is -2.23. The number of carbonyl (C=O) groups excluding carboxylic acids is 2. The molecule has 0 saturated carbocycles. The van der Waals surface area contributed by atoms with Gasteiger partial charge in [0.05, 0.1) is 18.7 Å². The molecular formula is C25H22N4O2S2. The Kier molecular flexibility index (Phi) is 5.70. The van der Waals surface area contributed by atoms with Crippen molar-refractivity contribution in [3.8, 4) is 0 Å². The van der Waals surface area contributed by atoms with Gasteiger partial charge in [-0.15, -0.1) is 11.3 Å². The maximum Gasteiger partial charge on any atom is 0.256 e. The van der Waals surface area contributed by atoms with Gasteiger partial charge in [0.1, 0.15) is 6.04 Å². The van der Waals surface area contributed by atoms with E-state index in [1.54, 1.807) is 16.2 Å². The summed E-state index contributed by atoms with van der Waals surface area (Å²) in [5.41, 5.74) is 3.44. The van der Waals surface area contributed by atoms with Gasteiger partial charge in [-0.05, 0) is 66.3 Å². The third kappa shape index (κ3) is 4.27. The number of hydrogen-bond acceptors (Lipinski definition) is 4. The zero-order valence-electron chi connectivity index (χ0n) is 17.9. The molecule has 1 fully saturated rings. The van der Waals surface area contributed by atoms with Gasteiger partial charge in [-0.3, -0.25) is 14.5 Å². The van der Waals surface area contributed by atoms with Crippen LogP contribution in [0.1, 0.15) is 16.9 Å². The fourth-order valence-corrected chi connectivity index (χ4v) is 5.12. The number of thiophene rings is 1. The number of nitrogens with zero attached hydrogens (tertiary/aromatic N) is 2. The van der Waals surface area contributed by atoms with Crippen LogP contribution >= 0.6 is 23.6 Å². The molecule has 0 radical (unpaired) electrons. The van der Waals surface area contributed by atoms with Crippen LogP contribution in [-0.4, -0.2) is 32.9 Å². The van der Waals surface area contributed by atoms with Crippen LogP contribution in [-0.2, 0) is 16.1 Å². The predicted molar refractivity (Wildman–Crippen MR) is 136 cm³/mol. The Labute approximate surface area is 200 Å². The Morgan fingerprint density at radius 1 is 1.15 bits per heavy atom. The van der Waals surface area contributed by atoms with Gasteiger partial charge in [-0.1, -0.05) is 29.8 Å². The van der Waals surface area contributed by atoms with E-state index in [9.17, 15) is 9.59 Å². The average molecular weight is 475 g/mol. The number of benzene rings is 2. The first-order chi connectivity index (χ1) is 16.0. The van der Waals surface area contributed by atoms with Crippen LogP contribution in [0.25, 0.3) is 10.9 Å². The van der Waals surface area contributed by atoms with Crippen molar-refractivity contribution in [1.29, 1.82) is 0 Å². The molecule has 2 aromatic carbocycles. The minimum absolute atomic E-state index is 0.00940. The van der Waals surface area contributed by atoms with E-state index >= 15 is 0 Å². The van der Waals surface area contributed by atoms with E-state index in [-0.39, 0.29) is 18.2 Å². The van der Waals surface area contributed by atoms with Gasteiger partial charge in [0.25, 0.3) is 5.91 Å². The molecule has 2 N–H and O–H groups in total. The number of aromatic nitrogens is 1. The van der Waals surface area contributed by atoms with Gasteiger partial charge < -0.3 is 15.2 Å². The van der Waals surface area contributed by atoms with Gasteiger partial charge in [0.2, 0.25) is 5.91 Å². The second-order valence-electron chi connectivity index (χ2n) is 8.05. The molecule has 1 saturated heterocycles. The smallest absolute Gasteiger partial charge is 0.256 e. The molecule has 0 bridgehead atoms. The van der Waals surface area contributed by atoms with Crippen LogP contribution < -0.4 is 10.2 Å². The molecule has 5 rings (SSSR count). The summed E-state index contributed by atoms with van der Waals surface area (Å²) >= 11 is 7.33. The fraction of sp³-hybridized carbons (Fsp3) is 0.160. The third-order valence-electron chi connectivity index (χ3n) is 5.73. The SMILES string of the molecule is Cc1ccc(N2C(=O)C(CC(=O)Nc3ccc4cc[nH]c4c3)N(Cc3cccs3)C2=S)cc1. The summed E-state index contributed by atoms with van der Waals surface area (Å²) in [7, 11) is 0. The number of carbonyl (C=O) groups is 2. The standard InChI is InChI=1S/C25H22N4O2S2/c1-16-4-8-19(9-5-16)29-24(31)22(28(25(29)32)15-20-3-2-12-33-20)14-23(30)27-18-7-6-17-10-11-26-21(17)13-18/h2-13,22,26H,14-15H2,1H3,(H,27,30). The fourth-order valence-electron chi connectivity index (χ4n) is 4.03. The largest absolute Gasteiger partial charge is 0.361 e. The lowest BCUT2D eigenvalue weighted by molar-refractivity contribution is -0.124. The van der Waals surface area contributed by atoms with Crippen LogP contribution in [0.15, 0.2) is 72.2 Å². The molecule has 0 aliphatic carbocycles. The van der Waals surface area contributed by atoms with E-state index in [1.165, 1.54) is 0 Å². The quantitative estimate of drug-likeness (QED) is 0.383. The topological polar surface area (TPSA) is 68.4 Å². The van der Waals surface area contributed by atoms with Crippen molar-refractivity contribution in [2.24, 2.45) is 0 Å². The van der Waals surface area contributed by atoms with E-state index in [1.807, 2.05) is 84.1 Å². The summed E-state index contributed by atoms with van der Waals surface area (Å²) in [6.07, 6.45) is 1.87. The summed E-state index contributed by atoms with van der Waals surface area (Å²) in [6.45, 7) is 2.48. The minimum Gasteiger partial charge on any atom is -0.361 e. The van der Waals surface area contributed by atoms with Crippen molar-refractivity contribution in [2.45, 2.75) is 25.9 Å². The van der Waals surface area contributed by atoms with Crippen molar-refractivity contribution in [3.05, 3.63) is 82.7 Å². The summed E-state index contributed by atoms with van der Waals surface area (Å²) < 4.78 is 0. The number of nitrogens with one attached hydrogen (secondary N) is 2. The van der Waals surface area contributed by atoms with Crippen molar-refractivity contribution in [3.63, 3.8) is 0 Å². The normalized spacial score (nSPS) is 16.1. The molecule has 166 valence electrons. The molecule has 2 amide bonds. The van der Waals surface area contributed by atoms with Crippen LogP contribution in [0.3, 0.4) is 0 Å². The molecule has 4 aromatic rings. The maximum absolute atomic E-state index is 13.5. The zero-order chi connectivity index (χ0) is 22.9. The van der Waals surface area contributed by atoms with E-state index in [0.717, 1.165) is 21.3 Å². The van der Waals surface area contributed by atoms with Crippen molar-refractivity contribution in [1.82, 2.24) is 9.88 Å². The predicted octanol–water partition coefficient (Wildman–Crippen LogP) is 5.07. The molecule has 3 heterocycles. The van der Waals surface area contributed by atoms with E-state index in [4.69, 9.17) is 12.2 Å². The Morgan fingerprint density at radius 3 is 2.73 bits per heavy atom. The zero-order valence-corrected chi connectivity index (χ0v) is 19.6. The highest BCUT2D eigenvalue weighted by Crippen LogP contribution is 2.30. The molecule has 0 spiro atoms. The average Bonchev–Trinajstić information content (AvgIpc) is 3.52. The number of amides is 2. The number of rotatable bonds is 6. The van der Waals surface area contributed by atoms with Crippen LogP contribution in [0.4, 0.5) is 11.4 Å². The molecule has 1 unspecified atom stereocenters. The minimum atomic E-state index is -0.671. The first-order valence-corrected chi connectivity index (χ1v) is 11.9. The second kappa shape index (κ2) is 8.80. The number of H-pyrrole nitrogens is 1. The highest BCUT2D eigenvalue weighted by atomic mass is 32.1. The number of fused-ring (bicyclic) bond motifs is 1.